The molecule has 0 N–H and O–H groups in total. The van der Waals surface area contributed by atoms with Gasteiger partial charge in [0.15, 0.2) is 23.0 Å². The van der Waals surface area contributed by atoms with Crippen LogP contribution < -0.4 is 60.2 Å². The summed E-state index contributed by atoms with van der Waals surface area (Å²) in [5, 5.41) is 6.55. The summed E-state index contributed by atoms with van der Waals surface area (Å²) in [6, 6.07) is 63.6. The minimum absolute atomic E-state index is 0.455. The van der Waals surface area contributed by atoms with E-state index in [-0.39, 0.29) is 0 Å². The fourth-order valence-electron chi connectivity index (χ4n) is 8.27. The molecule has 0 spiro atoms. The van der Waals surface area contributed by atoms with E-state index >= 15 is 0 Å². The van der Waals surface area contributed by atoms with Crippen molar-refractivity contribution in [3.63, 3.8) is 0 Å². The van der Waals surface area contributed by atoms with Crippen LogP contribution in [0.25, 0.3) is 33.4 Å². The second-order valence-electron chi connectivity index (χ2n) is 14.1. The van der Waals surface area contributed by atoms with Crippen LogP contribution in [0.5, 0.6) is 34.5 Å². The zero-order valence-electron chi connectivity index (χ0n) is 35.7. The number of ether oxygens (including phenoxy) is 6. The van der Waals surface area contributed by atoms with Gasteiger partial charge in [-0.25, -0.2) is 0 Å². The van der Waals surface area contributed by atoms with Gasteiger partial charge in [-0.15, -0.1) is 0 Å². The molecule has 8 rings (SSSR count). The minimum atomic E-state index is -1.38. The molecular weight excluding hydrogens is 807 g/mol. The van der Waals surface area contributed by atoms with Gasteiger partial charge in [-0.3, -0.25) is 0 Å². The Balaban J connectivity index is 1.74. The quantitative estimate of drug-likeness (QED) is 0.0958. The number of hydrogen-bond acceptors (Lipinski definition) is 6. The van der Waals surface area contributed by atoms with E-state index in [1.165, 1.54) is 0 Å². The molecule has 0 unspecified atom stereocenters. The first kappa shape index (κ1) is 42.1. The van der Waals surface area contributed by atoms with E-state index in [1.807, 2.05) is 12.1 Å². The molecule has 0 atom stereocenters. The summed E-state index contributed by atoms with van der Waals surface area (Å²) in [6.07, 6.45) is 0. The van der Waals surface area contributed by atoms with Gasteiger partial charge in [0.25, 0.3) is 0 Å². The Labute approximate surface area is 367 Å². The molecule has 8 aromatic rings. The number of methoxy groups -OCH3 is 6. The van der Waals surface area contributed by atoms with E-state index in [0.717, 1.165) is 65.2 Å². The lowest BCUT2D eigenvalue weighted by Gasteiger charge is -2.34. The maximum atomic E-state index is 6.72. The molecule has 0 bridgehead atoms. The first-order valence-electron chi connectivity index (χ1n) is 20.2. The van der Waals surface area contributed by atoms with Crippen LogP contribution in [0.4, 0.5) is 0 Å². The van der Waals surface area contributed by atoms with Gasteiger partial charge in [-0.2, -0.15) is 0 Å². The minimum Gasteiger partial charge on any atom is -0.492 e. The third-order valence-corrected chi connectivity index (χ3v) is 15.8. The predicted molar refractivity (Wildman–Crippen MR) is 259 cm³/mol. The second-order valence-corrected chi connectivity index (χ2v) is 18.4. The average Bonchev–Trinajstić information content (AvgIpc) is 3.34. The van der Waals surface area contributed by atoms with Crippen LogP contribution in [0, 0.1) is 0 Å². The Morgan fingerprint density at radius 1 is 0.242 bits per heavy atom. The van der Waals surface area contributed by atoms with Gasteiger partial charge >= 0.3 is 0 Å². The Morgan fingerprint density at radius 2 is 0.452 bits per heavy atom. The zero-order chi connectivity index (χ0) is 43.0. The van der Waals surface area contributed by atoms with Gasteiger partial charge in [0, 0.05) is 32.9 Å². The first-order valence-corrected chi connectivity index (χ1v) is 22.9. The summed E-state index contributed by atoms with van der Waals surface area (Å²) in [4.78, 5) is 0. The van der Waals surface area contributed by atoms with Crippen molar-refractivity contribution in [2.75, 3.05) is 42.7 Å². The van der Waals surface area contributed by atoms with Crippen molar-refractivity contribution in [3.05, 3.63) is 182 Å². The van der Waals surface area contributed by atoms with Gasteiger partial charge in [0.1, 0.15) is 0 Å². The Hall–Kier alpha value is -6.58. The van der Waals surface area contributed by atoms with E-state index < -0.39 is 15.8 Å². The fourth-order valence-corrected chi connectivity index (χ4v) is 13.6. The first-order chi connectivity index (χ1) is 30.6. The molecule has 0 heterocycles. The van der Waals surface area contributed by atoms with Crippen molar-refractivity contribution in [2.45, 2.75) is 0 Å². The molecule has 6 nitrogen and oxygen atoms in total. The van der Waals surface area contributed by atoms with Crippen molar-refractivity contribution in [1.29, 1.82) is 0 Å². The molecule has 0 saturated heterocycles. The molecule has 0 aliphatic heterocycles. The molecule has 0 radical (unpaired) electrons. The zero-order valence-corrected chi connectivity index (χ0v) is 37.5. The normalized spacial score (nSPS) is 11.0. The molecular formula is C54H48O6P2. The second kappa shape index (κ2) is 19.4. The molecule has 0 fully saturated rings. The summed E-state index contributed by atoms with van der Waals surface area (Å²) in [6.45, 7) is 0. The van der Waals surface area contributed by atoms with E-state index in [2.05, 4.69) is 170 Å². The largest absolute Gasteiger partial charge is 0.492 e. The lowest BCUT2D eigenvalue weighted by Crippen LogP contribution is -2.29. The Bertz CT molecular complexity index is 2460. The van der Waals surface area contributed by atoms with E-state index in [1.54, 1.807) is 42.7 Å². The molecule has 0 aliphatic rings. The SMILES string of the molecule is COc1c(OC)c(-c2ccccc2)c(P(c2ccccc2)c2ccccc2)c(-c2c(OC)c(OC)c(OC)c(-c3ccccc3)c2P(c2ccccc2)c2ccccc2)c1OC. The standard InChI is InChI=1S/C54H48O6P2/c1-55-47-43(37-25-13-7-14-26-37)53(61(39-29-17-9-18-30-39)40-31-19-10-20-32-40)45(49(57-3)51(47)59-5)46-50(58-4)52(60-6)48(56-2)44(38-27-15-8-16-28-38)54(46)62(41-33-21-11-22-34-41)42-35-23-12-24-36-42/h7-36H,1-6H3. The van der Waals surface area contributed by atoms with Crippen LogP contribution in [-0.4, -0.2) is 42.7 Å². The van der Waals surface area contributed by atoms with Crippen LogP contribution in [0.3, 0.4) is 0 Å². The third-order valence-electron chi connectivity index (χ3n) is 10.8. The monoisotopic (exact) mass is 854 g/mol. The number of rotatable bonds is 15. The van der Waals surface area contributed by atoms with Gasteiger partial charge in [0.2, 0.25) is 11.5 Å². The molecule has 0 saturated carbocycles. The maximum absolute atomic E-state index is 6.72. The number of benzene rings is 8. The van der Waals surface area contributed by atoms with Crippen LogP contribution in [-0.2, 0) is 0 Å². The molecule has 62 heavy (non-hydrogen) atoms. The highest BCUT2D eigenvalue weighted by Gasteiger charge is 2.40. The smallest absolute Gasteiger partial charge is 0.204 e. The maximum Gasteiger partial charge on any atom is 0.204 e. The van der Waals surface area contributed by atoms with Crippen LogP contribution >= 0.6 is 15.8 Å². The van der Waals surface area contributed by atoms with E-state index in [9.17, 15) is 0 Å². The molecule has 310 valence electrons. The van der Waals surface area contributed by atoms with Crippen LogP contribution in [0.15, 0.2) is 182 Å². The summed E-state index contributed by atoms with van der Waals surface area (Å²) < 4.78 is 39.4. The summed E-state index contributed by atoms with van der Waals surface area (Å²) in [7, 11) is 7.36. The fraction of sp³-hybridized carbons (Fsp3) is 0.111. The van der Waals surface area contributed by atoms with Crippen molar-refractivity contribution in [3.8, 4) is 67.9 Å². The molecule has 8 aromatic carbocycles. The molecule has 0 amide bonds. The van der Waals surface area contributed by atoms with Gasteiger partial charge in [0.05, 0.1) is 42.7 Å². The third kappa shape index (κ3) is 7.77. The highest BCUT2D eigenvalue weighted by Crippen LogP contribution is 2.60. The summed E-state index contributed by atoms with van der Waals surface area (Å²) in [5.74, 6) is 3.03. The van der Waals surface area contributed by atoms with E-state index in [0.29, 0.717) is 34.5 Å². The lowest BCUT2D eigenvalue weighted by molar-refractivity contribution is 0.323. The van der Waals surface area contributed by atoms with E-state index in [4.69, 9.17) is 28.4 Å². The van der Waals surface area contributed by atoms with Crippen molar-refractivity contribution in [1.82, 2.24) is 0 Å². The highest BCUT2D eigenvalue weighted by atomic mass is 31.1. The topological polar surface area (TPSA) is 55.4 Å². The Kier molecular flexibility index (Phi) is 13.2. The Morgan fingerprint density at radius 3 is 0.677 bits per heavy atom. The molecule has 0 aromatic heterocycles. The van der Waals surface area contributed by atoms with Gasteiger partial charge < -0.3 is 28.4 Å². The van der Waals surface area contributed by atoms with Crippen molar-refractivity contribution >= 4 is 47.7 Å². The molecule has 8 heteroatoms. The summed E-state index contributed by atoms with van der Waals surface area (Å²) >= 11 is 0. The van der Waals surface area contributed by atoms with Gasteiger partial charge in [-0.05, 0) is 48.2 Å². The van der Waals surface area contributed by atoms with Gasteiger partial charge in [-0.1, -0.05) is 182 Å². The van der Waals surface area contributed by atoms with Crippen molar-refractivity contribution < 1.29 is 28.4 Å². The molecule has 0 aliphatic carbocycles. The predicted octanol–water partition coefficient (Wildman–Crippen LogP) is 10.3. The highest BCUT2D eigenvalue weighted by molar-refractivity contribution is 7.81. The van der Waals surface area contributed by atoms with Crippen molar-refractivity contribution in [2.24, 2.45) is 0 Å². The lowest BCUT2D eigenvalue weighted by atomic mass is 9.91. The van der Waals surface area contributed by atoms with Crippen LogP contribution in [0.1, 0.15) is 0 Å². The average molecular weight is 855 g/mol. The van der Waals surface area contributed by atoms with Crippen LogP contribution in [0.2, 0.25) is 0 Å². The number of hydrogen-bond donors (Lipinski definition) is 0. The summed E-state index contributed by atoms with van der Waals surface area (Å²) in [5.41, 5.74) is 5.27.